The van der Waals surface area contributed by atoms with Gasteiger partial charge < -0.3 is 37.8 Å². The molecule has 2 rings (SSSR count). The first-order valence-electron chi connectivity index (χ1n) is 11.2. The summed E-state index contributed by atoms with van der Waals surface area (Å²) in [5.74, 6) is -0.896. The number of hydrogen-bond acceptors (Lipinski definition) is 6. The number of nitrogens with two attached hydrogens (primary N) is 3. The summed E-state index contributed by atoms with van der Waals surface area (Å²) in [4.78, 5) is 43.9. The second-order valence-corrected chi connectivity index (χ2v) is 8.07. The van der Waals surface area contributed by atoms with Gasteiger partial charge in [0.1, 0.15) is 17.8 Å². The number of benzene rings is 1. The van der Waals surface area contributed by atoms with Gasteiger partial charge in [-0.15, -0.1) is 0 Å². The van der Waals surface area contributed by atoms with Gasteiger partial charge in [0.2, 0.25) is 17.7 Å². The third kappa shape index (κ3) is 7.94. The Bertz CT molecular complexity index is 840. The van der Waals surface area contributed by atoms with E-state index in [-0.39, 0.29) is 35.9 Å². The molecule has 0 spiro atoms. The topological polar surface area (TPSA) is 189 Å². The lowest BCUT2D eigenvalue weighted by molar-refractivity contribution is -0.140. The number of aliphatic imine (C=N–C) groups is 1. The Labute approximate surface area is 193 Å². The smallest absolute Gasteiger partial charge is 0.243 e. The molecule has 0 radical (unpaired) electrons. The average Bonchev–Trinajstić information content (AvgIpc) is 3.27. The average molecular weight is 462 g/mol. The zero-order valence-corrected chi connectivity index (χ0v) is 19.0. The lowest BCUT2D eigenvalue weighted by Crippen LogP contribution is -2.55. The van der Waals surface area contributed by atoms with Gasteiger partial charge in [-0.3, -0.25) is 19.4 Å². The lowest BCUT2D eigenvalue weighted by Gasteiger charge is -2.28. The highest BCUT2D eigenvalue weighted by Crippen LogP contribution is 2.20. The van der Waals surface area contributed by atoms with Crippen molar-refractivity contribution in [1.29, 1.82) is 0 Å². The molecule has 11 nitrogen and oxygen atoms in total. The van der Waals surface area contributed by atoms with E-state index in [0.29, 0.717) is 45.3 Å². The summed E-state index contributed by atoms with van der Waals surface area (Å²) in [6.45, 7) is 3.02. The fourth-order valence-corrected chi connectivity index (χ4v) is 3.80. The molecule has 1 aliphatic heterocycles. The highest BCUT2D eigenvalue weighted by Gasteiger charge is 2.37. The maximum Gasteiger partial charge on any atom is 0.243 e. The van der Waals surface area contributed by atoms with Crippen molar-refractivity contribution in [1.82, 2.24) is 15.5 Å². The first-order chi connectivity index (χ1) is 15.7. The van der Waals surface area contributed by atoms with Crippen molar-refractivity contribution in [2.45, 2.75) is 57.2 Å². The third-order valence-corrected chi connectivity index (χ3v) is 5.48. The number of hydrogen-bond donors (Lipinski definition) is 6. The molecule has 0 aliphatic carbocycles. The number of likely N-dealkylation sites (N-methyl/N-ethyl adjacent to an activating group) is 1. The Morgan fingerprint density at radius 1 is 1.24 bits per heavy atom. The van der Waals surface area contributed by atoms with Crippen LogP contribution in [0.15, 0.2) is 29.3 Å². The van der Waals surface area contributed by atoms with Gasteiger partial charge in [-0.05, 0) is 50.3 Å². The molecule has 0 unspecified atom stereocenters. The first kappa shape index (κ1) is 25.9. The van der Waals surface area contributed by atoms with Crippen LogP contribution in [0, 0.1) is 0 Å². The van der Waals surface area contributed by atoms with E-state index in [9.17, 15) is 19.5 Å². The summed E-state index contributed by atoms with van der Waals surface area (Å²) in [5.41, 5.74) is 17.4. The molecule has 33 heavy (non-hydrogen) atoms. The predicted octanol–water partition coefficient (Wildman–Crippen LogP) is -1.07. The van der Waals surface area contributed by atoms with E-state index in [2.05, 4.69) is 15.6 Å². The molecular weight excluding hydrogens is 426 g/mol. The Hall–Kier alpha value is -3.34. The molecule has 0 aromatic heterocycles. The molecule has 3 amide bonds. The largest absolute Gasteiger partial charge is 0.508 e. The second kappa shape index (κ2) is 12.6. The van der Waals surface area contributed by atoms with Crippen molar-refractivity contribution in [2.24, 2.45) is 22.2 Å². The number of carbonyl (C=O) groups is 3. The van der Waals surface area contributed by atoms with Crippen molar-refractivity contribution in [2.75, 3.05) is 19.6 Å². The van der Waals surface area contributed by atoms with Gasteiger partial charge in [0.05, 0.1) is 6.04 Å². The molecule has 182 valence electrons. The number of rotatable bonds is 11. The number of guanidine groups is 1. The number of phenolic OH excluding ortho intramolecular Hbond substituents is 1. The zero-order chi connectivity index (χ0) is 24.4. The molecule has 1 saturated heterocycles. The summed E-state index contributed by atoms with van der Waals surface area (Å²) in [6, 6.07) is 4.19. The van der Waals surface area contributed by atoms with E-state index in [1.54, 1.807) is 19.1 Å². The molecule has 9 N–H and O–H groups in total. The SMILES string of the molecule is CCNC(=O)[C@H](Cc1ccc(O)cc1)NC(=O)[C@@H]1CCCN1C(=O)[C@@H](N)CCCN=C(N)N. The first-order valence-corrected chi connectivity index (χ1v) is 11.2. The fourth-order valence-electron chi connectivity index (χ4n) is 3.80. The molecular formula is C22H35N7O4. The molecule has 11 heteroatoms. The molecule has 0 saturated carbocycles. The monoisotopic (exact) mass is 461 g/mol. The summed E-state index contributed by atoms with van der Waals surface area (Å²) >= 11 is 0. The number of nitrogens with one attached hydrogen (secondary N) is 2. The Kier molecular flexibility index (Phi) is 9.92. The second-order valence-electron chi connectivity index (χ2n) is 8.07. The number of amides is 3. The lowest BCUT2D eigenvalue weighted by atomic mass is 10.0. The van der Waals surface area contributed by atoms with E-state index in [0.717, 1.165) is 5.56 Å². The van der Waals surface area contributed by atoms with Gasteiger partial charge in [-0.1, -0.05) is 12.1 Å². The quantitative estimate of drug-likeness (QED) is 0.137. The maximum atomic E-state index is 13.1. The zero-order valence-electron chi connectivity index (χ0n) is 19.0. The predicted molar refractivity (Wildman–Crippen MR) is 125 cm³/mol. The standard InChI is InChI=1S/C22H35N7O4/c1-2-26-19(31)17(13-14-7-9-15(30)10-8-14)28-20(32)18-6-4-12-29(18)21(33)16(23)5-3-11-27-22(24)25/h7-10,16-18,30H,2-6,11-13,23H2,1H3,(H,26,31)(H,28,32)(H4,24,25,27)/t16-,17-,18-/m0/s1. The Morgan fingerprint density at radius 2 is 1.94 bits per heavy atom. The Balaban J connectivity index is 2.02. The molecule has 1 heterocycles. The van der Waals surface area contributed by atoms with Crippen LogP contribution < -0.4 is 27.8 Å². The molecule has 0 bridgehead atoms. The summed E-state index contributed by atoms with van der Waals surface area (Å²) in [6.07, 6.45) is 2.36. The van der Waals surface area contributed by atoms with Crippen molar-refractivity contribution >= 4 is 23.7 Å². The van der Waals surface area contributed by atoms with Crippen molar-refractivity contribution < 1.29 is 19.5 Å². The summed E-state index contributed by atoms with van der Waals surface area (Å²) in [5, 5.41) is 15.0. The number of likely N-dealkylation sites (tertiary alicyclic amines) is 1. The van der Waals surface area contributed by atoms with Crippen LogP contribution >= 0.6 is 0 Å². The van der Waals surface area contributed by atoms with Crippen LogP contribution in [-0.4, -0.2) is 71.4 Å². The van der Waals surface area contributed by atoms with Crippen LogP contribution in [0.4, 0.5) is 0 Å². The van der Waals surface area contributed by atoms with Crippen LogP contribution in [0.1, 0.15) is 38.2 Å². The maximum absolute atomic E-state index is 13.1. The van der Waals surface area contributed by atoms with Gasteiger partial charge in [-0.2, -0.15) is 0 Å². The van der Waals surface area contributed by atoms with E-state index < -0.39 is 18.1 Å². The van der Waals surface area contributed by atoms with Crippen molar-refractivity contribution in [3.63, 3.8) is 0 Å². The summed E-state index contributed by atoms with van der Waals surface area (Å²) in [7, 11) is 0. The normalized spacial score (nSPS) is 17.2. The minimum absolute atomic E-state index is 0.0138. The van der Waals surface area contributed by atoms with Gasteiger partial charge in [0.15, 0.2) is 5.96 Å². The molecule has 1 fully saturated rings. The highest BCUT2D eigenvalue weighted by molar-refractivity contribution is 5.93. The number of carbonyl (C=O) groups excluding carboxylic acids is 3. The van der Waals surface area contributed by atoms with E-state index in [1.807, 2.05) is 0 Å². The van der Waals surface area contributed by atoms with Crippen LogP contribution in [-0.2, 0) is 20.8 Å². The van der Waals surface area contributed by atoms with E-state index in [1.165, 1.54) is 17.0 Å². The highest BCUT2D eigenvalue weighted by atomic mass is 16.3. The van der Waals surface area contributed by atoms with Gasteiger partial charge in [0.25, 0.3) is 0 Å². The minimum atomic E-state index is -0.812. The van der Waals surface area contributed by atoms with Gasteiger partial charge in [-0.25, -0.2) is 0 Å². The van der Waals surface area contributed by atoms with Gasteiger partial charge >= 0.3 is 0 Å². The van der Waals surface area contributed by atoms with Crippen LogP contribution in [0.25, 0.3) is 0 Å². The third-order valence-electron chi connectivity index (χ3n) is 5.48. The van der Waals surface area contributed by atoms with E-state index >= 15 is 0 Å². The molecule has 1 aromatic carbocycles. The number of phenols is 1. The molecule has 3 atom stereocenters. The van der Waals surface area contributed by atoms with E-state index in [4.69, 9.17) is 17.2 Å². The van der Waals surface area contributed by atoms with Crippen LogP contribution in [0.5, 0.6) is 5.75 Å². The van der Waals surface area contributed by atoms with Crippen LogP contribution in [0.2, 0.25) is 0 Å². The molecule has 1 aliphatic rings. The number of aromatic hydroxyl groups is 1. The van der Waals surface area contributed by atoms with Gasteiger partial charge in [0, 0.05) is 26.1 Å². The fraction of sp³-hybridized carbons (Fsp3) is 0.545. The van der Waals surface area contributed by atoms with Crippen molar-refractivity contribution in [3.8, 4) is 5.75 Å². The Morgan fingerprint density at radius 3 is 2.58 bits per heavy atom. The summed E-state index contributed by atoms with van der Waals surface area (Å²) < 4.78 is 0. The van der Waals surface area contributed by atoms with Crippen LogP contribution in [0.3, 0.4) is 0 Å². The minimum Gasteiger partial charge on any atom is -0.508 e. The van der Waals surface area contributed by atoms with Crippen molar-refractivity contribution in [3.05, 3.63) is 29.8 Å². The number of nitrogens with zero attached hydrogens (tertiary/aromatic N) is 2. The molecule has 1 aromatic rings.